The number of amides is 1. The highest BCUT2D eigenvalue weighted by Crippen LogP contribution is 2.33. The number of anilines is 2. The number of aromatic nitrogens is 1. The number of ether oxygens (including phenoxy) is 1. The zero-order chi connectivity index (χ0) is 24.6. The van der Waals surface area contributed by atoms with Gasteiger partial charge in [-0.2, -0.15) is 4.37 Å². The van der Waals surface area contributed by atoms with Crippen molar-refractivity contribution >= 4 is 56.6 Å². The third kappa shape index (κ3) is 5.01. The molecule has 0 aliphatic carbocycles. The first kappa shape index (κ1) is 24.0. The van der Waals surface area contributed by atoms with Crippen molar-refractivity contribution < 1.29 is 18.8 Å². The van der Waals surface area contributed by atoms with Gasteiger partial charge in [0.15, 0.2) is 5.82 Å². The number of piperazine rings is 1. The van der Waals surface area contributed by atoms with Gasteiger partial charge in [0, 0.05) is 22.5 Å². The molecular weight excluding hydrogens is 484 g/mol. The van der Waals surface area contributed by atoms with E-state index in [0.29, 0.717) is 22.7 Å². The highest BCUT2D eigenvalue weighted by Gasteiger charge is 2.36. The number of hydrogen-bond donors (Lipinski definition) is 1. The molecule has 0 bridgehead atoms. The summed E-state index contributed by atoms with van der Waals surface area (Å²) < 4.78 is 12.4. The molecule has 0 atom stereocenters. The largest absolute Gasteiger partial charge is 0.415 e. The molecule has 7 nitrogen and oxygen atoms in total. The summed E-state index contributed by atoms with van der Waals surface area (Å²) in [4.78, 5) is 26.4. The van der Waals surface area contributed by atoms with E-state index in [4.69, 9.17) is 20.7 Å². The van der Waals surface area contributed by atoms with Crippen LogP contribution in [0.1, 0.15) is 25.0 Å². The van der Waals surface area contributed by atoms with Crippen LogP contribution in [0.5, 0.6) is 0 Å². The Bertz CT molecular complexity index is 1270. The van der Waals surface area contributed by atoms with E-state index < -0.39 is 0 Å². The molecule has 9 heteroatoms. The second kappa shape index (κ2) is 9.76. The SMILES string of the molecule is CC(C)C(=O)OC[N+]1(CCc2cc3c(cc2Cl)NC(=O)C3)CCN(c2nsc3ccccc23)CC1. The summed E-state index contributed by atoms with van der Waals surface area (Å²) in [6.45, 7) is 8.24. The number of carbonyl (C=O) groups is 2. The molecule has 35 heavy (non-hydrogen) atoms. The molecule has 0 unspecified atom stereocenters. The molecule has 2 aromatic carbocycles. The van der Waals surface area contributed by atoms with Crippen molar-refractivity contribution in [1.29, 1.82) is 0 Å². The first-order valence-electron chi connectivity index (χ1n) is 12.1. The Morgan fingerprint density at radius 3 is 2.80 bits per heavy atom. The molecule has 2 aliphatic rings. The van der Waals surface area contributed by atoms with E-state index in [1.165, 1.54) is 21.6 Å². The number of carbonyl (C=O) groups excluding carboxylic acids is 2. The standard InChI is InChI=1S/C26H29ClN4O3S/c1-17(2)26(33)34-16-31(10-7-18-13-19-14-24(32)28-22(19)15-21(18)27)11-8-30(9-12-31)25-20-5-3-4-6-23(20)35-29-25/h3-6,13,15,17H,7-12,14,16H2,1-2H3/p+1. The molecule has 2 aliphatic heterocycles. The summed E-state index contributed by atoms with van der Waals surface area (Å²) in [5.41, 5.74) is 2.83. The summed E-state index contributed by atoms with van der Waals surface area (Å²) in [6.07, 6.45) is 1.14. The van der Waals surface area contributed by atoms with Crippen molar-refractivity contribution in [3.63, 3.8) is 0 Å². The van der Waals surface area contributed by atoms with Crippen LogP contribution in [0.15, 0.2) is 36.4 Å². The van der Waals surface area contributed by atoms with E-state index in [2.05, 4.69) is 28.4 Å². The fourth-order valence-electron chi connectivity index (χ4n) is 4.83. The molecule has 1 saturated heterocycles. The highest BCUT2D eigenvalue weighted by atomic mass is 35.5. The van der Waals surface area contributed by atoms with Gasteiger partial charge in [-0.1, -0.05) is 43.6 Å². The lowest BCUT2D eigenvalue weighted by Crippen LogP contribution is -2.61. The number of benzene rings is 2. The number of nitrogens with one attached hydrogen (secondary N) is 1. The summed E-state index contributed by atoms with van der Waals surface area (Å²) in [5, 5.41) is 4.71. The number of halogens is 1. The van der Waals surface area contributed by atoms with Crippen LogP contribution in [0.4, 0.5) is 11.5 Å². The predicted octanol–water partition coefficient (Wildman–Crippen LogP) is 4.48. The van der Waals surface area contributed by atoms with Crippen LogP contribution in [-0.2, 0) is 27.2 Å². The predicted molar refractivity (Wildman–Crippen MR) is 140 cm³/mol. The van der Waals surface area contributed by atoms with Gasteiger partial charge in [-0.15, -0.1) is 0 Å². The normalized spacial score (nSPS) is 17.0. The lowest BCUT2D eigenvalue weighted by Gasteiger charge is -2.44. The van der Waals surface area contributed by atoms with Gasteiger partial charge in [-0.05, 0) is 40.9 Å². The maximum absolute atomic E-state index is 12.3. The average molecular weight is 514 g/mol. The van der Waals surface area contributed by atoms with Gasteiger partial charge in [-0.25, -0.2) is 0 Å². The molecule has 3 aromatic rings. The van der Waals surface area contributed by atoms with Crippen molar-refractivity contribution in [2.24, 2.45) is 5.92 Å². The van der Waals surface area contributed by atoms with Crippen LogP contribution in [0, 0.1) is 5.92 Å². The van der Waals surface area contributed by atoms with Gasteiger partial charge < -0.3 is 15.0 Å². The zero-order valence-electron chi connectivity index (χ0n) is 20.1. The van der Waals surface area contributed by atoms with Gasteiger partial charge in [0.05, 0.1) is 49.8 Å². The van der Waals surface area contributed by atoms with Crippen molar-refractivity contribution in [3.05, 3.63) is 52.5 Å². The smallest absolute Gasteiger partial charge is 0.312 e. The molecule has 1 fully saturated rings. The summed E-state index contributed by atoms with van der Waals surface area (Å²) in [6, 6.07) is 12.2. The Hall–Kier alpha value is -2.68. The first-order valence-corrected chi connectivity index (χ1v) is 13.2. The maximum atomic E-state index is 12.3. The molecule has 1 aromatic heterocycles. The van der Waals surface area contributed by atoms with E-state index in [1.54, 1.807) is 0 Å². The average Bonchev–Trinajstić information content (AvgIpc) is 3.44. The van der Waals surface area contributed by atoms with Crippen LogP contribution < -0.4 is 10.2 Å². The molecule has 0 radical (unpaired) electrons. The van der Waals surface area contributed by atoms with E-state index >= 15 is 0 Å². The quantitative estimate of drug-likeness (QED) is 0.372. The first-order chi connectivity index (χ1) is 16.8. The summed E-state index contributed by atoms with van der Waals surface area (Å²) in [7, 11) is 0. The number of rotatable bonds is 7. The fraction of sp³-hybridized carbons (Fsp3) is 0.423. The third-order valence-corrected chi connectivity index (χ3v) is 8.22. The van der Waals surface area contributed by atoms with Crippen LogP contribution >= 0.6 is 23.1 Å². The minimum atomic E-state index is -0.171. The number of fused-ring (bicyclic) bond motifs is 2. The molecule has 1 N–H and O–H groups in total. The van der Waals surface area contributed by atoms with Crippen LogP contribution in [-0.4, -0.2) is 60.2 Å². The fourth-order valence-corrected chi connectivity index (χ4v) is 5.89. The van der Waals surface area contributed by atoms with Gasteiger partial charge in [-0.3, -0.25) is 14.1 Å². The van der Waals surface area contributed by atoms with Gasteiger partial charge >= 0.3 is 5.97 Å². The Balaban J connectivity index is 1.32. The van der Waals surface area contributed by atoms with E-state index in [9.17, 15) is 9.59 Å². The second-order valence-corrected chi connectivity index (χ2v) is 11.0. The van der Waals surface area contributed by atoms with E-state index in [1.807, 2.05) is 32.0 Å². The van der Waals surface area contributed by atoms with Gasteiger partial charge in [0.2, 0.25) is 12.6 Å². The van der Waals surface area contributed by atoms with Crippen molar-refractivity contribution in [1.82, 2.24) is 4.37 Å². The van der Waals surface area contributed by atoms with Crippen molar-refractivity contribution in [2.75, 3.05) is 49.7 Å². The summed E-state index contributed by atoms with van der Waals surface area (Å²) >= 11 is 8.11. The molecule has 0 saturated carbocycles. The van der Waals surface area contributed by atoms with Crippen LogP contribution in [0.25, 0.3) is 10.1 Å². The monoisotopic (exact) mass is 513 g/mol. The molecule has 5 rings (SSSR count). The maximum Gasteiger partial charge on any atom is 0.312 e. The Morgan fingerprint density at radius 2 is 2.03 bits per heavy atom. The van der Waals surface area contributed by atoms with Gasteiger partial charge in [0.1, 0.15) is 0 Å². The Kier molecular flexibility index (Phi) is 6.70. The van der Waals surface area contributed by atoms with Crippen molar-refractivity contribution in [3.8, 4) is 0 Å². The molecule has 3 heterocycles. The number of hydrogen-bond acceptors (Lipinski definition) is 6. The lowest BCUT2D eigenvalue weighted by atomic mass is 10.0. The van der Waals surface area contributed by atoms with E-state index in [-0.39, 0.29) is 17.8 Å². The zero-order valence-corrected chi connectivity index (χ0v) is 21.6. The molecule has 184 valence electrons. The lowest BCUT2D eigenvalue weighted by molar-refractivity contribution is -0.943. The summed E-state index contributed by atoms with van der Waals surface area (Å²) in [5.74, 6) is 0.717. The van der Waals surface area contributed by atoms with Crippen LogP contribution in [0.2, 0.25) is 5.02 Å². The Labute approximate surface area is 214 Å². The third-order valence-electron chi connectivity index (χ3n) is 7.05. The van der Waals surface area contributed by atoms with E-state index in [0.717, 1.165) is 61.8 Å². The van der Waals surface area contributed by atoms with Crippen molar-refractivity contribution in [2.45, 2.75) is 26.7 Å². The number of quaternary nitrogens is 1. The minimum Gasteiger partial charge on any atom is -0.415 e. The van der Waals surface area contributed by atoms with Gasteiger partial charge in [0.25, 0.3) is 0 Å². The highest BCUT2D eigenvalue weighted by molar-refractivity contribution is 7.13. The molecule has 0 spiro atoms. The number of nitrogens with zero attached hydrogens (tertiary/aromatic N) is 3. The second-order valence-electron chi connectivity index (χ2n) is 9.82. The Morgan fingerprint density at radius 1 is 1.26 bits per heavy atom. The minimum absolute atomic E-state index is 0.00278. The topological polar surface area (TPSA) is 71.5 Å². The number of esters is 1. The molecule has 1 amide bonds. The van der Waals surface area contributed by atoms with Crippen LogP contribution in [0.3, 0.4) is 0 Å². The molecular formula is C26H30ClN4O3S+.